The van der Waals surface area contributed by atoms with Crippen molar-refractivity contribution in [3.8, 4) is 23.0 Å². The van der Waals surface area contributed by atoms with Crippen LogP contribution in [-0.4, -0.2) is 55.4 Å². The number of hydrogen-bond acceptors (Lipinski definition) is 8. The molecule has 58 heavy (non-hydrogen) atoms. The number of benzene rings is 2. The van der Waals surface area contributed by atoms with Crippen molar-refractivity contribution in [3.05, 3.63) is 107 Å². The monoisotopic (exact) mass is 827 g/mol. The topological polar surface area (TPSA) is 151 Å². The summed E-state index contributed by atoms with van der Waals surface area (Å²) < 4.78 is 121. The summed E-state index contributed by atoms with van der Waals surface area (Å²) in [6.07, 6.45) is -4.28. The number of nitrogens with one attached hydrogen (secondary N) is 2. The molecule has 1 aliphatic rings. The number of hydrogen-bond donors (Lipinski definition) is 3. The molecule has 6 aromatic rings. The maximum absolute atomic E-state index is 15.2. The van der Waals surface area contributed by atoms with Gasteiger partial charge in [0, 0.05) is 48.7 Å². The second-order valence-electron chi connectivity index (χ2n) is 14.1. The van der Waals surface area contributed by atoms with E-state index in [1.165, 1.54) is 30.9 Å². The zero-order valence-corrected chi connectivity index (χ0v) is 31.7. The Balaban J connectivity index is 1.41. The average molecular weight is 828 g/mol. The lowest BCUT2D eigenvalue weighted by Crippen LogP contribution is -2.37. The van der Waals surface area contributed by atoms with E-state index in [0.717, 1.165) is 12.1 Å². The quantitative estimate of drug-likeness (QED) is 0.0872. The summed E-state index contributed by atoms with van der Waals surface area (Å²) in [6.45, 7) is 2.83. The van der Waals surface area contributed by atoms with Crippen LogP contribution in [0.2, 0.25) is 0 Å². The van der Waals surface area contributed by atoms with Gasteiger partial charge in [-0.3, -0.25) is 4.68 Å². The van der Waals surface area contributed by atoms with Crippen molar-refractivity contribution in [3.63, 3.8) is 0 Å². The van der Waals surface area contributed by atoms with Crippen LogP contribution < -0.4 is 10.0 Å². The molecule has 4 heterocycles. The van der Waals surface area contributed by atoms with E-state index in [4.69, 9.17) is 0 Å². The van der Waals surface area contributed by atoms with Gasteiger partial charge in [-0.15, -0.1) is 0 Å². The highest BCUT2D eigenvalue weighted by Gasteiger charge is 2.51. The molecule has 2 unspecified atom stereocenters. The third kappa shape index (κ3) is 8.10. The number of halogens is 7. The highest BCUT2D eigenvalue weighted by Crippen LogP contribution is 2.46. The number of nitrogens with zero attached hydrogens (tertiary/aromatic N) is 7. The highest BCUT2D eigenvalue weighted by atomic mass is 32.2. The maximum atomic E-state index is 15.2. The van der Waals surface area contributed by atoms with Gasteiger partial charge in [0.05, 0.1) is 29.8 Å². The van der Waals surface area contributed by atoms with Crippen LogP contribution in [0, 0.1) is 23.5 Å². The zero-order chi connectivity index (χ0) is 41.9. The number of aromatic nitrogens is 7. The molecule has 1 aliphatic carbocycles. The minimum atomic E-state index is -5.17. The number of aryl methyl sites for hydroxylation is 2. The molecule has 12 nitrogen and oxygen atoms in total. The molecule has 1 amide bonds. The molecule has 3 N–H and O–H groups in total. The third-order valence-corrected chi connectivity index (χ3v) is 10.1. The summed E-state index contributed by atoms with van der Waals surface area (Å²) in [4.78, 5) is 22.8. The molecule has 0 aliphatic heterocycles. The van der Waals surface area contributed by atoms with Crippen LogP contribution in [0.4, 0.5) is 41.3 Å². The number of alkyl halides is 5. The van der Waals surface area contributed by atoms with Gasteiger partial charge in [0.25, 0.3) is 10.9 Å². The van der Waals surface area contributed by atoms with E-state index in [-0.39, 0.29) is 38.0 Å². The van der Waals surface area contributed by atoms with Gasteiger partial charge in [-0.2, -0.15) is 46.5 Å². The Kier molecular flexibility index (Phi) is 10.3. The van der Waals surface area contributed by atoms with E-state index in [0.29, 0.717) is 22.5 Å². The number of carbonyl (C=O) groups is 1. The lowest BCUT2D eigenvalue weighted by Gasteiger charge is -2.23. The van der Waals surface area contributed by atoms with Gasteiger partial charge in [-0.25, -0.2) is 18.6 Å². The van der Waals surface area contributed by atoms with Crippen LogP contribution in [-0.2, 0) is 50.4 Å². The number of aliphatic hydroxyl groups is 1. The first-order valence-electron chi connectivity index (χ1n) is 17.4. The number of carbonyl (C=O) groups excluding carboxylic acids is 1. The Labute approximate surface area is 328 Å². The molecule has 0 fully saturated rings. The number of fused-ring (bicyclic) bond motifs is 2. The van der Waals surface area contributed by atoms with Gasteiger partial charge >= 0.3 is 12.2 Å². The first kappa shape index (κ1) is 40.3. The molecule has 2 aromatic carbocycles. The first-order chi connectivity index (χ1) is 27.2. The second-order valence-corrected chi connectivity index (χ2v) is 15.3. The van der Waals surface area contributed by atoms with Crippen molar-refractivity contribution in [2.45, 2.75) is 61.9 Å². The van der Waals surface area contributed by atoms with Gasteiger partial charge in [0.2, 0.25) is 0 Å². The highest BCUT2D eigenvalue weighted by molar-refractivity contribution is 7.92. The van der Waals surface area contributed by atoms with Crippen molar-refractivity contribution in [2.75, 3.05) is 4.72 Å². The largest absolute Gasteiger partial charge is 0.587 e. The van der Waals surface area contributed by atoms with Gasteiger partial charge in [-0.05, 0) is 68.5 Å². The SMILES string of the molecule is Cn1cnc([S+]([O-])Nc2nn(C)c3c(-c4ccc(C#CC(C)(C)O)nc4C(Cc4cc(F)cc(F)c4)NC(=O)n4nc(C(F)(F)F)c5c4C(F)(F)CC5)cccc23)c1. The molecule has 0 spiro atoms. The molecule has 4 aromatic heterocycles. The van der Waals surface area contributed by atoms with Gasteiger partial charge < -0.3 is 19.5 Å². The fraction of sp³-hybridized carbons (Fsp3) is 0.289. The molecule has 7 rings (SSSR count). The van der Waals surface area contributed by atoms with Crippen LogP contribution in [0.1, 0.15) is 60.2 Å². The standard InChI is InChI=1S/C38H32F7N9O3S/c1-36(2,56)12-10-23-8-9-24(25-6-5-7-26-31(25)53(4)50-34(26)51-58(57)29-18-52(3)19-46-29)30(47-23)28(16-20-14-21(39)17-22(40)15-20)48-35(55)54-33-27(11-13-37(33,41)42)32(49-54)38(43,44)45/h5-9,14-15,17-19,28,56H,11,13,16H2,1-4H3,(H,48,55)(H,50,51). The summed E-state index contributed by atoms with van der Waals surface area (Å²) >= 11 is -1.84. The Hall–Kier alpha value is -5.91. The van der Waals surface area contributed by atoms with E-state index in [2.05, 4.69) is 42.0 Å². The van der Waals surface area contributed by atoms with Gasteiger partial charge in [0.1, 0.15) is 40.0 Å². The Morgan fingerprint density at radius 3 is 2.45 bits per heavy atom. The van der Waals surface area contributed by atoms with E-state index in [1.807, 2.05) is 0 Å². The minimum Gasteiger partial charge on any atom is -0.587 e. The zero-order valence-electron chi connectivity index (χ0n) is 30.9. The average Bonchev–Trinajstić information content (AvgIpc) is 3.90. The number of amides is 1. The van der Waals surface area contributed by atoms with Gasteiger partial charge in [-0.1, -0.05) is 18.1 Å². The summed E-state index contributed by atoms with van der Waals surface area (Å²) in [5.41, 5.74) is -4.19. The summed E-state index contributed by atoms with van der Waals surface area (Å²) in [5, 5.41) is 21.3. The van der Waals surface area contributed by atoms with E-state index in [9.17, 15) is 36.4 Å². The van der Waals surface area contributed by atoms with Crippen molar-refractivity contribution < 1.29 is 45.2 Å². The molecule has 20 heteroatoms. The Morgan fingerprint density at radius 2 is 1.79 bits per heavy atom. The van der Waals surface area contributed by atoms with Crippen LogP contribution in [0.5, 0.6) is 0 Å². The summed E-state index contributed by atoms with van der Waals surface area (Å²) in [5.74, 6) is -0.277. The molecule has 0 saturated heterocycles. The lowest BCUT2D eigenvalue weighted by molar-refractivity contribution is -0.142. The fourth-order valence-corrected chi connectivity index (χ4v) is 7.57. The van der Waals surface area contributed by atoms with Crippen molar-refractivity contribution >= 4 is 34.1 Å². The fourth-order valence-electron chi connectivity index (χ4n) is 6.74. The van der Waals surface area contributed by atoms with Crippen molar-refractivity contribution in [2.24, 2.45) is 14.1 Å². The first-order valence-corrected chi connectivity index (χ1v) is 18.6. The van der Waals surface area contributed by atoms with Crippen molar-refractivity contribution in [1.82, 2.24) is 39.4 Å². The maximum Gasteiger partial charge on any atom is 0.435 e. The number of imidazole rings is 1. The van der Waals surface area contributed by atoms with E-state index < -0.39 is 89.0 Å². The molecular weight excluding hydrogens is 796 g/mol. The smallest absolute Gasteiger partial charge is 0.435 e. The molecule has 0 bridgehead atoms. The van der Waals surface area contributed by atoms with Crippen molar-refractivity contribution in [1.29, 1.82) is 0 Å². The molecule has 0 saturated carbocycles. The predicted molar refractivity (Wildman–Crippen MR) is 197 cm³/mol. The number of rotatable bonds is 8. The molecule has 0 radical (unpaired) electrons. The van der Waals surface area contributed by atoms with E-state index in [1.54, 1.807) is 49.1 Å². The lowest BCUT2D eigenvalue weighted by atomic mass is 9.94. The third-order valence-electron chi connectivity index (χ3n) is 9.11. The Morgan fingerprint density at radius 1 is 1.07 bits per heavy atom. The number of para-hydroxylation sites is 1. The van der Waals surface area contributed by atoms with Crippen LogP contribution in [0.3, 0.4) is 0 Å². The number of anilines is 1. The molecular formula is C38H32F7N9O3S. The van der Waals surface area contributed by atoms with E-state index >= 15 is 8.78 Å². The predicted octanol–water partition coefficient (Wildman–Crippen LogP) is 6.70. The normalized spacial score (nSPS) is 14.8. The summed E-state index contributed by atoms with van der Waals surface area (Å²) in [7, 11) is 3.31. The van der Waals surface area contributed by atoms with Crippen LogP contribution in [0.15, 0.2) is 66.1 Å². The molecule has 302 valence electrons. The summed E-state index contributed by atoms with van der Waals surface area (Å²) in [6, 6.07) is 7.54. The number of pyridine rings is 1. The second kappa shape index (κ2) is 14.8. The Bertz CT molecular complexity index is 2620. The van der Waals surface area contributed by atoms with Gasteiger partial charge in [0.15, 0.2) is 11.5 Å². The molecule has 2 atom stereocenters. The van der Waals surface area contributed by atoms with Crippen LogP contribution in [0.25, 0.3) is 22.0 Å². The van der Waals surface area contributed by atoms with Crippen LogP contribution >= 0.6 is 0 Å². The minimum absolute atomic E-state index is 0.0244.